The van der Waals surface area contributed by atoms with Crippen molar-refractivity contribution in [1.82, 2.24) is 20.6 Å². The highest BCUT2D eigenvalue weighted by Gasteiger charge is 2.48. The first-order valence-corrected chi connectivity index (χ1v) is 20.2. The molecule has 9 heteroatoms. The number of H-pyrrole nitrogens is 2. The van der Waals surface area contributed by atoms with Gasteiger partial charge in [-0.2, -0.15) is 0 Å². The van der Waals surface area contributed by atoms with Gasteiger partial charge < -0.3 is 35.2 Å². The number of nitrogens with one attached hydrogen (secondary N) is 4. The van der Waals surface area contributed by atoms with Crippen LogP contribution in [-0.4, -0.2) is 40.7 Å². The third-order valence-electron chi connectivity index (χ3n) is 12.6. The lowest BCUT2D eigenvalue weighted by molar-refractivity contribution is -0.146. The Hall–Kier alpha value is -4.24. The summed E-state index contributed by atoms with van der Waals surface area (Å²) >= 11 is 0. The summed E-state index contributed by atoms with van der Waals surface area (Å²) in [5.41, 5.74) is 15.6. The summed E-state index contributed by atoms with van der Waals surface area (Å²) < 4.78 is 11.1. The fourth-order valence-corrected chi connectivity index (χ4v) is 9.31. The normalized spacial score (nSPS) is 25.8. The molecule has 0 saturated carbocycles. The molecule has 54 heavy (non-hydrogen) atoms. The number of methoxy groups -OCH3 is 1. The van der Waals surface area contributed by atoms with Gasteiger partial charge in [0.05, 0.1) is 18.9 Å². The van der Waals surface area contributed by atoms with E-state index in [0.29, 0.717) is 18.8 Å². The van der Waals surface area contributed by atoms with Gasteiger partial charge >= 0.3 is 11.9 Å². The van der Waals surface area contributed by atoms with Crippen LogP contribution in [0, 0.1) is 43.4 Å². The maximum Gasteiger partial charge on any atom is 0.316 e. The number of aromatic nitrogens is 2. The van der Waals surface area contributed by atoms with E-state index in [0.717, 1.165) is 82.3 Å². The van der Waals surface area contributed by atoms with Gasteiger partial charge in [0.25, 0.3) is 0 Å². The number of hydrogen-bond acceptors (Lipinski definition) is 7. The maximum absolute atomic E-state index is 13.6. The van der Waals surface area contributed by atoms with Crippen molar-refractivity contribution >= 4 is 23.6 Å². The second-order valence-corrected chi connectivity index (χ2v) is 16.4. The molecule has 1 aliphatic carbocycles. The molecule has 1 fully saturated rings. The molecule has 0 radical (unpaired) electrons. The molecule has 292 valence electrons. The Kier molecular flexibility index (Phi) is 11.9. The van der Waals surface area contributed by atoms with Crippen molar-refractivity contribution in [2.24, 2.45) is 29.6 Å². The molecule has 0 amide bonds. The summed E-state index contributed by atoms with van der Waals surface area (Å²) in [4.78, 5) is 34.3. The van der Waals surface area contributed by atoms with Gasteiger partial charge in [-0.15, -0.1) is 0 Å². The van der Waals surface area contributed by atoms with Gasteiger partial charge in [-0.1, -0.05) is 46.6 Å². The van der Waals surface area contributed by atoms with Crippen LogP contribution in [0.25, 0.3) is 11.6 Å². The number of aliphatic hydroxyl groups excluding tert-OH is 1. The fraction of sp³-hybridized carbons (Fsp3) is 0.556. The summed E-state index contributed by atoms with van der Waals surface area (Å²) in [7, 11) is 1.37. The van der Waals surface area contributed by atoms with Crippen molar-refractivity contribution in [2.75, 3.05) is 13.7 Å². The Morgan fingerprint density at radius 3 is 2.46 bits per heavy atom. The van der Waals surface area contributed by atoms with E-state index >= 15 is 0 Å². The number of carbonyl (C=O) groups excluding carboxylic acids is 2. The SMILES string of the molecule is CCc1c2[nH]c(c1C)C=C1NC(=C(C)[C@H]1CC)/C=C1\N/C(=C3\c4[nH]c(c(C)c4[C@@H](O)[C@@H]3C(=O)OC)C2)[C@@H](CCC(=O)OC/C=C(\C)CCCC(C)C)[C@@H]1C. The smallest absolute Gasteiger partial charge is 0.316 e. The van der Waals surface area contributed by atoms with Crippen LogP contribution >= 0.6 is 0 Å². The lowest BCUT2D eigenvalue weighted by Crippen LogP contribution is -2.24. The highest BCUT2D eigenvalue weighted by Crippen LogP contribution is 2.52. The minimum Gasteiger partial charge on any atom is -0.468 e. The summed E-state index contributed by atoms with van der Waals surface area (Å²) in [5.74, 6) is -0.862. The summed E-state index contributed by atoms with van der Waals surface area (Å²) in [6.07, 6.45) is 12.0. The molecule has 0 unspecified atom stereocenters. The first kappa shape index (κ1) is 39.5. The third-order valence-corrected chi connectivity index (χ3v) is 12.6. The molecular weight excluding hydrogens is 677 g/mol. The number of carbonyl (C=O) groups is 2. The Morgan fingerprint density at radius 1 is 1.02 bits per heavy atom. The molecule has 4 aliphatic rings. The Morgan fingerprint density at radius 2 is 1.78 bits per heavy atom. The summed E-state index contributed by atoms with van der Waals surface area (Å²) in [6.45, 7) is 19.9. The molecule has 3 aliphatic heterocycles. The Balaban J connectivity index is 1.42. The van der Waals surface area contributed by atoms with Crippen LogP contribution in [0.3, 0.4) is 0 Å². The van der Waals surface area contributed by atoms with Gasteiger partial charge in [0.15, 0.2) is 0 Å². The molecule has 8 bridgehead atoms. The van der Waals surface area contributed by atoms with E-state index in [1.54, 1.807) is 0 Å². The van der Waals surface area contributed by atoms with E-state index in [1.807, 2.05) is 13.0 Å². The quantitative estimate of drug-likeness (QED) is 0.109. The Labute approximate surface area is 321 Å². The molecule has 6 rings (SSSR count). The second kappa shape index (κ2) is 16.2. The van der Waals surface area contributed by atoms with Crippen LogP contribution in [0.1, 0.15) is 138 Å². The monoisotopic (exact) mass is 738 g/mol. The lowest BCUT2D eigenvalue weighted by Gasteiger charge is -2.21. The number of fused-ring (bicyclic) bond motifs is 7. The van der Waals surface area contributed by atoms with E-state index in [9.17, 15) is 14.7 Å². The van der Waals surface area contributed by atoms with Crippen LogP contribution < -0.4 is 10.6 Å². The highest BCUT2D eigenvalue weighted by molar-refractivity contribution is 5.94. The zero-order valence-electron chi connectivity index (χ0n) is 34.1. The highest BCUT2D eigenvalue weighted by atomic mass is 16.5. The molecule has 2 aromatic rings. The van der Waals surface area contributed by atoms with Gasteiger partial charge in [0.1, 0.15) is 12.5 Å². The zero-order chi connectivity index (χ0) is 39.0. The van der Waals surface area contributed by atoms with Gasteiger partial charge in [0, 0.05) is 81.6 Å². The standard InChI is InChI=1S/C45H62N4O5/c1-11-29-25(6)32-20-34-27(8)31(16-17-38(50)54-19-18-24(5)15-13-14-23(3)4)42(48-34)40-41(45(52)53-10)44(51)39-28(9)35(49-43(39)40)22-37-30(12-2)26(7)33(47-37)21-36(29)46-32/h18,20-21,23,27,29,31,41,44,46-49,51H,11-17,19,22H2,1-10H3/b24-18+,34-20-,36-21?,42-40-/t27-,29+,31-,41+,44+/m0/s1. The fourth-order valence-electron chi connectivity index (χ4n) is 9.31. The first-order valence-electron chi connectivity index (χ1n) is 20.2. The predicted molar refractivity (Wildman–Crippen MR) is 215 cm³/mol. The number of ether oxygens (including phenoxy) is 2. The number of allylic oxidation sites excluding steroid dienone is 5. The molecule has 9 nitrogen and oxygen atoms in total. The Bertz CT molecular complexity index is 1950. The maximum atomic E-state index is 13.6. The number of aromatic amines is 2. The van der Waals surface area contributed by atoms with Crippen molar-refractivity contribution in [3.05, 3.63) is 91.1 Å². The molecule has 5 N–H and O–H groups in total. The molecule has 0 spiro atoms. The largest absolute Gasteiger partial charge is 0.468 e. The van der Waals surface area contributed by atoms with Crippen molar-refractivity contribution < 1.29 is 24.2 Å². The van der Waals surface area contributed by atoms with Crippen LogP contribution in [0.2, 0.25) is 0 Å². The van der Waals surface area contributed by atoms with E-state index in [4.69, 9.17) is 9.47 Å². The van der Waals surface area contributed by atoms with E-state index in [2.05, 4.69) is 88.1 Å². The zero-order valence-corrected chi connectivity index (χ0v) is 34.1. The van der Waals surface area contributed by atoms with Gasteiger partial charge in [-0.05, 0) is 106 Å². The molecular formula is C45H62N4O5. The number of hydrogen-bond donors (Lipinski definition) is 5. The molecule has 1 saturated heterocycles. The van der Waals surface area contributed by atoms with E-state index in [1.165, 1.54) is 41.5 Å². The number of aliphatic hydroxyl groups is 1. The van der Waals surface area contributed by atoms with Gasteiger partial charge in [-0.3, -0.25) is 9.59 Å². The minimum atomic E-state index is -1.08. The predicted octanol–water partition coefficient (Wildman–Crippen LogP) is 8.75. The van der Waals surface area contributed by atoms with Crippen molar-refractivity contribution in [2.45, 2.75) is 120 Å². The minimum absolute atomic E-state index is 0.00999. The lowest BCUT2D eigenvalue weighted by atomic mass is 9.84. The summed E-state index contributed by atoms with van der Waals surface area (Å²) in [6, 6.07) is 0. The van der Waals surface area contributed by atoms with Crippen LogP contribution in [0.5, 0.6) is 0 Å². The van der Waals surface area contributed by atoms with Crippen molar-refractivity contribution in [1.29, 1.82) is 0 Å². The van der Waals surface area contributed by atoms with Crippen molar-refractivity contribution in [3.8, 4) is 0 Å². The molecule has 0 aromatic carbocycles. The second-order valence-electron chi connectivity index (χ2n) is 16.4. The molecule has 2 aromatic heterocycles. The average molecular weight is 739 g/mol. The number of esters is 2. The van der Waals surface area contributed by atoms with Gasteiger partial charge in [-0.25, -0.2) is 0 Å². The summed E-state index contributed by atoms with van der Waals surface area (Å²) in [5, 5.41) is 19.5. The third kappa shape index (κ3) is 7.40. The molecule has 5 heterocycles. The molecule has 5 atom stereocenters. The first-order chi connectivity index (χ1) is 25.8. The number of rotatable bonds is 12. The van der Waals surface area contributed by atoms with Crippen molar-refractivity contribution in [3.63, 3.8) is 0 Å². The average Bonchev–Trinajstić information content (AvgIpc) is 3.87. The van der Waals surface area contributed by atoms with Gasteiger partial charge in [0.2, 0.25) is 0 Å². The van der Waals surface area contributed by atoms with E-state index in [-0.39, 0.29) is 36.8 Å². The van der Waals surface area contributed by atoms with Crippen LogP contribution in [-0.2, 0) is 31.9 Å². The van der Waals surface area contributed by atoms with E-state index < -0.39 is 18.0 Å². The topological polar surface area (TPSA) is 128 Å². The van der Waals surface area contributed by atoms with Crippen LogP contribution in [0.4, 0.5) is 0 Å². The van der Waals surface area contributed by atoms with Crippen LogP contribution in [0.15, 0.2) is 46.1 Å².